The van der Waals surface area contributed by atoms with Crippen LogP contribution in [0.1, 0.15) is 52.7 Å². The number of carbonyl (C=O) groups excluding carboxylic acids is 2. The van der Waals surface area contributed by atoms with Gasteiger partial charge in [0.15, 0.2) is 0 Å². The van der Waals surface area contributed by atoms with Crippen molar-refractivity contribution in [2.45, 2.75) is 38.8 Å². The van der Waals surface area contributed by atoms with Gasteiger partial charge in [-0.25, -0.2) is 14.4 Å². The number of benzene rings is 1. The molecule has 2 heterocycles. The number of likely N-dealkylation sites (N-methyl/N-ethyl adjacent to an activating group) is 1. The number of amides is 2. The van der Waals surface area contributed by atoms with Gasteiger partial charge in [-0.3, -0.25) is 14.5 Å². The molecule has 0 radical (unpaired) electrons. The van der Waals surface area contributed by atoms with Crippen molar-refractivity contribution in [3.05, 3.63) is 58.9 Å². The Labute approximate surface area is 176 Å². The summed E-state index contributed by atoms with van der Waals surface area (Å²) in [5.74, 6) is 0.0160. The van der Waals surface area contributed by atoms with Crippen molar-refractivity contribution < 1.29 is 14.0 Å². The van der Waals surface area contributed by atoms with E-state index in [9.17, 15) is 14.0 Å². The summed E-state index contributed by atoms with van der Waals surface area (Å²) in [6, 6.07) is 5.89. The van der Waals surface area contributed by atoms with Gasteiger partial charge < -0.3 is 10.2 Å². The van der Waals surface area contributed by atoms with Gasteiger partial charge in [0.25, 0.3) is 5.91 Å². The number of piperidine rings is 1. The molecule has 1 atom stereocenters. The van der Waals surface area contributed by atoms with Crippen molar-refractivity contribution in [1.29, 1.82) is 0 Å². The lowest BCUT2D eigenvalue weighted by Gasteiger charge is -2.36. The first-order valence-electron chi connectivity index (χ1n) is 10.2. The quantitative estimate of drug-likeness (QED) is 0.787. The van der Waals surface area contributed by atoms with Crippen LogP contribution in [-0.4, -0.2) is 58.8 Å². The highest BCUT2D eigenvalue weighted by molar-refractivity contribution is 5.95. The van der Waals surface area contributed by atoms with Crippen LogP contribution in [0.3, 0.4) is 0 Å². The molecule has 1 saturated heterocycles. The van der Waals surface area contributed by atoms with E-state index in [1.807, 2.05) is 0 Å². The number of hydrogen-bond donors (Lipinski definition) is 1. The third-order valence-electron chi connectivity index (χ3n) is 5.32. The molecule has 160 valence electrons. The van der Waals surface area contributed by atoms with E-state index in [1.54, 1.807) is 44.2 Å². The molecule has 1 aliphatic heterocycles. The lowest BCUT2D eigenvalue weighted by Crippen LogP contribution is -2.42. The van der Waals surface area contributed by atoms with E-state index in [0.29, 0.717) is 17.1 Å². The highest BCUT2D eigenvalue weighted by Gasteiger charge is 2.30. The molecule has 2 amide bonds. The topological polar surface area (TPSA) is 78.4 Å². The highest BCUT2D eigenvalue weighted by atomic mass is 19.1. The number of hydrogen-bond acceptors (Lipinski definition) is 5. The average molecular weight is 413 g/mol. The Morgan fingerprint density at radius 2 is 1.97 bits per heavy atom. The number of rotatable bonds is 6. The molecular formula is C22H28FN5O2. The van der Waals surface area contributed by atoms with Crippen LogP contribution >= 0.6 is 0 Å². The number of nitrogens with zero attached hydrogens (tertiary/aromatic N) is 4. The standard InChI is InChI=1S/C22H28FN5O2/c1-15-24-13-18(22(30)25-12-16-7-9-17(23)10-8-16)21(26-15)19-6-4-5-11-28(19)14-20(29)27(2)3/h7-10,13,19H,4-6,11-12,14H2,1-3H3,(H,25,30). The molecule has 7 nitrogen and oxygen atoms in total. The van der Waals surface area contributed by atoms with Crippen LogP contribution in [0.4, 0.5) is 4.39 Å². The van der Waals surface area contributed by atoms with Crippen LogP contribution in [-0.2, 0) is 11.3 Å². The van der Waals surface area contributed by atoms with Crippen LogP contribution in [0.2, 0.25) is 0 Å². The highest BCUT2D eigenvalue weighted by Crippen LogP contribution is 2.31. The molecule has 2 aromatic rings. The van der Waals surface area contributed by atoms with E-state index in [2.05, 4.69) is 20.2 Å². The van der Waals surface area contributed by atoms with E-state index >= 15 is 0 Å². The van der Waals surface area contributed by atoms with Gasteiger partial charge in [-0.2, -0.15) is 0 Å². The zero-order valence-corrected chi connectivity index (χ0v) is 17.7. The number of aryl methyl sites for hydroxylation is 1. The Morgan fingerprint density at radius 1 is 1.23 bits per heavy atom. The predicted octanol–water partition coefficient (Wildman–Crippen LogP) is 2.47. The Morgan fingerprint density at radius 3 is 2.67 bits per heavy atom. The smallest absolute Gasteiger partial charge is 0.255 e. The van der Waals surface area contributed by atoms with Crippen molar-refractivity contribution in [2.75, 3.05) is 27.2 Å². The molecule has 30 heavy (non-hydrogen) atoms. The summed E-state index contributed by atoms with van der Waals surface area (Å²) in [6.45, 7) is 3.14. The zero-order chi connectivity index (χ0) is 21.7. The third-order valence-corrected chi connectivity index (χ3v) is 5.32. The van der Waals surface area contributed by atoms with Gasteiger partial charge in [-0.1, -0.05) is 18.6 Å². The maximum absolute atomic E-state index is 13.1. The van der Waals surface area contributed by atoms with E-state index < -0.39 is 0 Å². The second-order valence-corrected chi connectivity index (χ2v) is 7.80. The first kappa shape index (κ1) is 21.8. The van der Waals surface area contributed by atoms with Crippen molar-refractivity contribution in [3.8, 4) is 0 Å². The molecule has 3 rings (SSSR count). The van der Waals surface area contributed by atoms with Crippen molar-refractivity contribution in [2.24, 2.45) is 0 Å². The normalized spacial score (nSPS) is 16.9. The lowest BCUT2D eigenvalue weighted by molar-refractivity contribution is -0.130. The molecule has 0 aliphatic carbocycles. The number of halogens is 1. The summed E-state index contributed by atoms with van der Waals surface area (Å²) in [5, 5.41) is 2.87. The Bertz CT molecular complexity index is 901. The first-order chi connectivity index (χ1) is 14.3. The maximum atomic E-state index is 13.1. The fourth-order valence-electron chi connectivity index (χ4n) is 3.60. The van der Waals surface area contributed by atoms with Crippen molar-refractivity contribution >= 4 is 11.8 Å². The Balaban J connectivity index is 1.81. The molecule has 1 aromatic carbocycles. The summed E-state index contributed by atoms with van der Waals surface area (Å²) >= 11 is 0. The third kappa shape index (κ3) is 5.38. The maximum Gasteiger partial charge on any atom is 0.255 e. The second kappa shape index (κ2) is 9.75. The van der Waals surface area contributed by atoms with E-state index in [4.69, 9.17) is 0 Å². The van der Waals surface area contributed by atoms with Crippen LogP contribution in [0.25, 0.3) is 0 Å². The first-order valence-corrected chi connectivity index (χ1v) is 10.2. The zero-order valence-electron chi connectivity index (χ0n) is 17.7. The van der Waals surface area contributed by atoms with Crippen molar-refractivity contribution in [3.63, 3.8) is 0 Å². The van der Waals surface area contributed by atoms with Crippen LogP contribution in [0.15, 0.2) is 30.5 Å². The minimum atomic E-state index is -0.316. The molecule has 0 saturated carbocycles. The largest absolute Gasteiger partial charge is 0.348 e. The second-order valence-electron chi connectivity index (χ2n) is 7.80. The number of carbonyl (C=O) groups is 2. The monoisotopic (exact) mass is 413 g/mol. The van der Waals surface area contributed by atoms with Gasteiger partial charge in [0.05, 0.1) is 23.8 Å². The minimum absolute atomic E-state index is 0.0231. The summed E-state index contributed by atoms with van der Waals surface area (Å²) in [4.78, 5) is 37.7. The van der Waals surface area contributed by atoms with Gasteiger partial charge >= 0.3 is 0 Å². The molecule has 1 aromatic heterocycles. The predicted molar refractivity (Wildman–Crippen MR) is 111 cm³/mol. The van der Waals surface area contributed by atoms with E-state index in [-0.39, 0.29) is 36.8 Å². The average Bonchev–Trinajstić information content (AvgIpc) is 2.73. The van der Waals surface area contributed by atoms with Gasteiger partial charge in [0, 0.05) is 26.8 Å². The summed E-state index contributed by atoms with van der Waals surface area (Å²) in [6.07, 6.45) is 4.40. The number of likely N-dealkylation sites (tertiary alicyclic amines) is 1. The molecular weight excluding hydrogens is 385 g/mol. The fourth-order valence-corrected chi connectivity index (χ4v) is 3.60. The lowest BCUT2D eigenvalue weighted by atomic mass is 9.96. The molecule has 1 unspecified atom stereocenters. The molecule has 1 fully saturated rings. The molecule has 1 N–H and O–H groups in total. The Kier molecular flexibility index (Phi) is 7.10. The van der Waals surface area contributed by atoms with Crippen LogP contribution in [0, 0.1) is 12.7 Å². The van der Waals surface area contributed by atoms with Gasteiger partial charge in [0.1, 0.15) is 11.6 Å². The molecule has 0 bridgehead atoms. The summed E-state index contributed by atoms with van der Waals surface area (Å²) in [5.41, 5.74) is 1.87. The van der Waals surface area contributed by atoms with Gasteiger partial charge in [-0.15, -0.1) is 0 Å². The fraction of sp³-hybridized carbons (Fsp3) is 0.455. The summed E-state index contributed by atoms with van der Waals surface area (Å²) in [7, 11) is 3.48. The SMILES string of the molecule is Cc1ncc(C(=O)NCc2ccc(F)cc2)c(C2CCCCN2CC(=O)N(C)C)n1. The van der Waals surface area contributed by atoms with Gasteiger partial charge in [-0.05, 0) is 44.0 Å². The summed E-state index contributed by atoms with van der Waals surface area (Å²) < 4.78 is 13.1. The Hall–Kier alpha value is -2.87. The van der Waals surface area contributed by atoms with Crippen LogP contribution < -0.4 is 5.32 Å². The number of aromatic nitrogens is 2. The molecule has 0 spiro atoms. The van der Waals surface area contributed by atoms with Crippen molar-refractivity contribution in [1.82, 2.24) is 25.1 Å². The van der Waals surface area contributed by atoms with E-state index in [0.717, 1.165) is 31.4 Å². The van der Waals surface area contributed by atoms with Crippen LogP contribution in [0.5, 0.6) is 0 Å². The molecule has 8 heteroatoms. The van der Waals surface area contributed by atoms with E-state index in [1.165, 1.54) is 12.1 Å². The molecule has 1 aliphatic rings. The van der Waals surface area contributed by atoms with Gasteiger partial charge in [0.2, 0.25) is 5.91 Å². The number of nitrogens with one attached hydrogen (secondary N) is 1. The minimum Gasteiger partial charge on any atom is -0.348 e.